The lowest BCUT2D eigenvalue weighted by atomic mass is 9.96. The molecule has 0 saturated heterocycles. The summed E-state index contributed by atoms with van der Waals surface area (Å²) in [5.74, 6) is 1.21. The van der Waals surface area contributed by atoms with Gasteiger partial charge in [0.05, 0.1) is 24.2 Å². The molecule has 24 heavy (non-hydrogen) atoms. The molecule has 0 spiro atoms. The second kappa shape index (κ2) is 6.13. The van der Waals surface area contributed by atoms with Gasteiger partial charge in [-0.05, 0) is 32.9 Å². The minimum atomic E-state index is -1.19. The van der Waals surface area contributed by atoms with Crippen LogP contribution in [-0.2, 0) is 16.8 Å². The second-order valence-corrected chi connectivity index (χ2v) is 6.27. The molecule has 1 amide bonds. The highest BCUT2D eigenvalue weighted by Crippen LogP contribution is 2.26. The fraction of sp³-hybridized carbons (Fsp3) is 0.333. The van der Waals surface area contributed by atoms with Crippen LogP contribution in [0.1, 0.15) is 29.7 Å². The summed E-state index contributed by atoms with van der Waals surface area (Å²) >= 11 is 0. The topological polar surface area (TPSA) is 91.2 Å². The number of nitrogens with one attached hydrogen (secondary N) is 2. The number of benzene rings is 1. The first-order valence-corrected chi connectivity index (χ1v) is 7.85. The van der Waals surface area contributed by atoms with Crippen molar-refractivity contribution in [1.82, 2.24) is 15.5 Å². The number of amides is 1. The van der Waals surface area contributed by atoms with Gasteiger partial charge in [-0.1, -0.05) is 18.2 Å². The number of aromatic amines is 1. The van der Waals surface area contributed by atoms with E-state index in [2.05, 4.69) is 15.5 Å². The number of H-pyrrole nitrogens is 1. The van der Waals surface area contributed by atoms with Gasteiger partial charge in [0.25, 0.3) is 0 Å². The number of fused-ring (bicyclic) bond motifs is 1. The van der Waals surface area contributed by atoms with E-state index in [9.17, 15) is 9.90 Å². The van der Waals surface area contributed by atoms with Crippen LogP contribution in [0, 0.1) is 13.8 Å². The summed E-state index contributed by atoms with van der Waals surface area (Å²) < 4.78 is 5.46. The quantitative estimate of drug-likeness (QED) is 0.671. The molecule has 126 valence electrons. The van der Waals surface area contributed by atoms with Crippen LogP contribution in [0.5, 0.6) is 0 Å². The van der Waals surface area contributed by atoms with Crippen molar-refractivity contribution in [3.63, 3.8) is 0 Å². The average Bonchev–Trinajstić information content (AvgIpc) is 3.09. The van der Waals surface area contributed by atoms with Gasteiger partial charge in [-0.2, -0.15) is 5.10 Å². The summed E-state index contributed by atoms with van der Waals surface area (Å²) in [6.07, 6.45) is 0.181. The lowest BCUT2D eigenvalue weighted by molar-refractivity contribution is -0.121. The van der Waals surface area contributed by atoms with E-state index < -0.39 is 5.60 Å². The molecule has 0 radical (unpaired) electrons. The Morgan fingerprint density at radius 1 is 1.38 bits per heavy atom. The van der Waals surface area contributed by atoms with Crippen molar-refractivity contribution in [3.8, 4) is 0 Å². The van der Waals surface area contributed by atoms with Crippen molar-refractivity contribution >= 4 is 16.8 Å². The van der Waals surface area contributed by atoms with Crippen molar-refractivity contribution in [2.75, 3.05) is 6.54 Å². The van der Waals surface area contributed by atoms with Gasteiger partial charge in [-0.3, -0.25) is 9.89 Å². The van der Waals surface area contributed by atoms with Crippen LogP contribution >= 0.6 is 0 Å². The second-order valence-electron chi connectivity index (χ2n) is 6.27. The van der Waals surface area contributed by atoms with Gasteiger partial charge in [0.1, 0.15) is 17.1 Å². The molecule has 1 aromatic carbocycles. The molecule has 0 aliphatic rings. The third-order valence-corrected chi connectivity index (χ3v) is 4.13. The van der Waals surface area contributed by atoms with Crippen LogP contribution in [-0.4, -0.2) is 27.8 Å². The lowest BCUT2D eigenvalue weighted by Gasteiger charge is -2.23. The predicted molar refractivity (Wildman–Crippen MR) is 90.6 cm³/mol. The van der Waals surface area contributed by atoms with Crippen LogP contribution in [0.15, 0.2) is 34.7 Å². The Balaban J connectivity index is 1.66. The fourth-order valence-electron chi connectivity index (χ4n) is 2.90. The number of rotatable bonds is 5. The molecule has 3 rings (SSSR count). The largest absolute Gasteiger partial charge is 0.466 e. The molecule has 0 aliphatic heterocycles. The number of para-hydroxylation sites is 1. The molecule has 0 saturated carbocycles. The Kier molecular flexibility index (Phi) is 4.15. The summed E-state index contributed by atoms with van der Waals surface area (Å²) in [5, 5.41) is 21.4. The highest BCUT2D eigenvalue weighted by Gasteiger charge is 2.28. The number of aryl methyl sites for hydroxylation is 2. The molecular formula is C18H21N3O3. The number of furan rings is 1. The van der Waals surface area contributed by atoms with Crippen LogP contribution in [0.4, 0.5) is 0 Å². The van der Waals surface area contributed by atoms with Gasteiger partial charge < -0.3 is 14.8 Å². The smallest absolute Gasteiger partial charge is 0.226 e. The van der Waals surface area contributed by atoms with E-state index >= 15 is 0 Å². The van der Waals surface area contributed by atoms with Crippen molar-refractivity contribution in [2.24, 2.45) is 0 Å². The third-order valence-electron chi connectivity index (χ3n) is 4.13. The number of hydrogen-bond acceptors (Lipinski definition) is 4. The van der Waals surface area contributed by atoms with Gasteiger partial charge in [-0.15, -0.1) is 0 Å². The molecule has 0 bridgehead atoms. The monoisotopic (exact) mass is 327 g/mol. The highest BCUT2D eigenvalue weighted by atomic mass is 16.3. The van der Waals surface area contributed by atoms with E-state index in [0.717, 1.165) is 22.4 Å². The van der Waals surface area contributed by atoms with Gasteiger partial charge in [0.15, 0.2) is 0 Å². The van der Waals surface area contributed by atoms with Crippen LogP contribution in [0.25, 0.3) is 10.9 Å². The van der Waals surface area contributed by atoms with Gasteiger partial charge in [-0.25, -0.2) is 0 Å². The summed E-state index contributed by atoms with van der Waals surface area (Å²) in [4.78, 5) is 12.2. The Morgan fingerprint density at radius 3 is 2.83 bits per heavy atom. The van der Waals surface area contributed by atoms with E-state index in [4.69, 9.17) is 4.42 Å². The SMILES string of the molecule is Cc1cc([C@](C)(O)CNC(=O)Cc2[nH]nc3ccccc23)c(C)o1. The summed E-state index contributed by atoms with van der Waals surface area (Å²) in [5.41, 5.74) is 1.09. The van der Waals surface area contributed by atoms with E-state index in [1.165, 1.54) is 0 Å². The highest BCUT2D eigenvalue weighted by molar-refractivity contribution is 5.87. The number of nitrogens with zero attached hydrogens (tertiary/aromatic N) is 1. The molecular weight excluding hydrogens is 306 g/mol. The minimum absolute atomic E-state index is 0.109. The summed E-state index contributed by atoms with van der Waals surface area (Å²) in [7, 11) is 0. The van der Waals surface area contributed by atoms with E-state index in [1.807, 2.05) is 31.2 Å². The predicted octanol–water partition coefficient (Wildman–Crippen LogP) is 2.34. The zero-order valence-electron chi connectivity index (χ0n) is 14.0. The first-order chi connectivity index (χ1) is 11.4. The van der Waals surface area contributed by atoms with Crippen molar-refractivity contribution in [2.45, 2.75) is 32.8 Å². The molecule has 0 fully saturated rings. The standard InChI is InChI=1S/C18H21N3O3/c1-11-8-14(12(2)24-11)18(3,23)10-19-17(22)9-16-13-6-4-5-7-15(13)20-21-16/h4-8,23H,9-10H2,1-3H3,(H,19,22)(H,20,21)/t18-/m1/s1. The molecule has 3 aromatic rings. The number of aliphatic hydroxyl groups is 1. The first kappa shape index (κ1) is 16.3. The maximum absolute atomic E-state index is 12.2. The van der Waals surface area contributed by atoms with Gasteiger partial charge >= 0.3 is 0 Å². The molecule has 6 heteroatoms. The van der Waals surface area contributed by atoms with Gasteiger partial charge in [0, 0.05) is 10.9 Å². The number of carbonyl (C=O) groups is 1. The Bertz CT molecular complexity index is 877. The summed E-state index contributed by atoms with van der Waals surface area (Å²) in [6, 6.07) is 9.43. The number of carbonyl (C=O) groups excluding carboxylic acids is 1. The van der Waals surface area contributed by atoms with E-state index in [0.29, 0.717) is 11.3 Å². The van der Waals surface area contributed by atoms with Crippen LogP contribution in [0.3, 0.4) is 0 Å². The molecule has 0 unspecified atom stereocenters. The maximum Gasteiger partial charge on any atom is 0.226 e. The van der Waals surface area contributed by atoms with Crippen LogP contribution in [0.2, 0.25) is 0 Å². The fourth-order valence-corrected chi connectivity index (χ4v) is 2.90. The zero-order valence-corrected chi connectivity index (χ0v) is 14.0. The molecule has 0 aliphatic carbocycles. The maximum atomic E-state index is 12.2. The normalized spacial score (nSPS) is 13.8. The van der Waals surface area contributed by atoms with Crippen LogP contribution < -0.4 is 5.32 Å². The first-order valence-electron chi connectivity index (χ1n) is 7.85. The van der Waals surface area contributed by atoms with E-state index in [1.54, 1.807) is 19.9 Å². The average molecular weight is 327 g/mol. The summed E-state index contributed by atoms with van der Waals surface area (Å²) in [6.45, 7) is 5.40. The molecule has 2 aromatic heterocycles. The zero-order chi connectivity index (χ0) is 17.3. The third kappa shape index (κ3) is 3.19. The molecule has 3 N–H and O–H groups in total. The van der Waals surface area contributed by atoms with Crippen molar-refractivity contribution in [3.05, 3.63) is 53.1 Å². The Labute approximate surface area is 139 Å². The lowest BCUT2D eigenvalue weighted by Crippen LogP contribution is -2.39. The Morgan fingerprint density at radius 2 is 2.12 bits per heavy atom. The number of hydrogen-bond donors (Lipinski definition) is 3. The number of aromatic nitrogens is 2. The Hall–Kier alpha value is -2.60. The van der Waals surface area contributed by atoms with E-state index in [-0.39, 0.29) is 18.9 Å². The van der Waals surface area contributed by atoms with Gasteiger partial charge in [0.2, 0.25) is 5.91 Å². The van der Waals surface area contributed by atoms with Crippen molar-refractivity contribution in [1.29, 1.82) is 0 Å². The van der Waals surface area contributed by atoms with Crippen molar-refractivity contribution < 1.29 is 14.3 Å². The molecule has 2 heterocycles. The molecule has 1 atom stereocenters. The molecule has 6 nitrogen and oxygen atoms in total. The minimum Gasteiger partial charge on any atom is -0.466 e.